The number of hydrogen-bond acceptors (Lipinski definition) is 8. The molecule has 0 radical (unpaired) electrons. The first-order chi connectivity index (χ1) is 27.2. The fourth-order valence-corrected chi connectivity index (χ4v) is 6.89. The van der Waals surface area contributed by atoms with Crippen LogP contribution in [0.15, 0.2) is 108 Å². The number of carbonyl (C=O) groups excluding carboxylic acids is 4. The Morgan fingerprint density at radius 2 is 1.61 bits per heavy atom. The SMILES string of the molecule is CN1C(=O)[C@H](NC(=O)Nc2cccc(CC(=O)NCC3CCN(Cc4cccc(OCCCNC(=O)CO)c4)CC3)c2)N=C(c2ccccc2)c2ccccc21. The number of aliphatic hydroxyl groups excluding tert-OH is 1. The lowest BCUT2D eigenvalue weighted by molar-refractivity contribution is -0.124. The molecular formula is C43H49N7O6. The Kier molecular flexibility index (Phi) is 13.8. The van der Waals surface area contributed by atoms with E-state index in [1.54, 1.807) is 25.2 Å². The summed E-state index contributed by atoms with van der Waals surface area (Å²) in [5.74, 6) is 0.325. The van der Waals surface area contributed by atoms with Crippen LogP contribution < -0.4 is 30.9 Å². The van der Waals surface area contributed by atoms with Gasteiger partial charge in [0, 0.05) is 43.5 Å². The van der Waals surface area contributed by atoms with Gasteiger partial charge in [-0.3, -0.25) is 19.3 Å². The number of nitrogens with one attached hydrogen (secondary N) is 4. The van der Waals surface area contributed by atoms with Crippen LogP contribution in [-0.2, 0) is 27.3 Å². The van der Waals surface area contributed by atoms with Crippen molar-refractivity contribution in [2.75, 3.05) is 56.7 Å². The summed E-state index contributed by atoms with van der Waals surface area (Å²) >= 11 is 0. The molecule has 4 aromatic rings. The van der Waals surface area contributed by atoms with Crippen molar-refractivity contribution < 1.29 is 29.0 Å². The molecule has 2 aliphatic rings. The van der Waals surface area contributed by atoms with Gasteiger partial charge in [-0.05, 0) is 79.7 Å². The maximum absolute atomic E-state index is 13.5. The number of para-hydroxylation sites is 1. The van der Waals surface area contributed by atoms with E-state index in [0.29, 0.717) is 49.1 Å². The van der Waals surface area contributed by atoms with Crippen molar-refractivity contribution in [1.82, 2.24) is 20.9 Å². The van der Waals surface area contributed by atoms with Gasteiger partial charge in [-0.25, -0.2) is 9.79 Å². The largest absolute Gasteiger partial charge is 0.494 e. The van der Waals surface area contributed by atoms with Gasteiger partial charge in [0.1, 0.15) is 12.4 Å². The first-order valence-corrected chi connectivity index (χ1v) is 19.0. The minimum Gasteiger partial charge on any atom is -0.494 e. The van der Waals surface area contributed by atoms with Gasteiger partial charge in [-0.1, -0.05) is 72.8 Å². The van der Waals surface area contributed by atoms with Crippen LogP contribution in [0.1, 0.15) is 41.5 Å². The van der Waals surface area contributed by atoms with Gasteiger partial charge in [-0.15, -0.1) is 0 Å². The highest BCUT2D eigenvalue weighted by Gasteiger charge is 2.31. The van der Waals surface area contributed by atoms with Crippen LogP contribution in [0.2, 0.25) is 0 Å². The zero-order chi connectivity index (χ0) is 39.3. The number of anilines is 2. The highest BCUT2D eigenvalue weighted by molar-refractivity contribution is 6.20. The topological polar surface area (TPSA) is 165 Å². The molecule has 56 heavy (non-hydrogen) atoms. The molecule has 13 nitrogen and oxygen atoms in total. The maximum Gasteiger partial charge on any atom is 0.321 e. The van der Waals surface area contributed by atoms with Crippen LogP contribution in [0.25, 0.3) is 0 Å². The first-order valence-electron chi connectivity index (χ1n) is 19.0. The number of piperidine rings is 1. The standard InChI is InChI=1S/C43H49N7O6/c1-49-37-17-6-5-16-36(37)40(33-12-3-2-4-13-33)47-41(42(49)54)48-43(55)46-34-14-7-10-31(24-34)26-38(52)45-27-30-18-21-50(22-19-30)28-32-11-8-15-35(25-32)56-23-9-20-44-39(53)29-51/h2-8,10-17,24-25,30,41,51H,9,18-23,26-29H2,1H3,(H,44,53)(H,45,52)(H2,46,48,55)/t41-/m0/s1. The molecule has 0 spiro atoms. The monoisotopic (exact) mass is 759 g/mol. The van der Waals surface area contributed by atoms with E-state index in [0.717, 1.165) is 54.9 Å². The lowest BCUT2D eigenvalue weighted by atomic mass is 9.96. The molecule has 0 aromatic heterocycles. The molecule has 0 unspecified atom stereocenters. The van der Waals surface area contributed by atoms with Crippen LogP contribution in [-0.4, -0.2) is 92.1 Å². The normalized spacial score (nSPS) is 15.9. The van der Waals surface area contributed by atoms with Crippen molar-refractivity contribution in [2.45, 2.75) is 38.4 Å². The Bertz CT molecular complexity index is 2010. The molecule has 5 amide bonds. The van der Waals surface area contributed by atoms with Crippen molar-refractivity contribution >= 4 is 40.8 Å². The third kappa shape index (κ3) is 11.0. The number of urea groups is 1. The van der Waals surface area contributed by atoms with Gasteiger partial charge in [0.25, 0.3) is 5.91 Å². The average molecular weight is 760 g/mol. The molecule has 0 aliphatic carbocycles. The van der Waals surface area contributed by atoms with Crippen molar-refractivity contribution in [3.8, 4) is 5.75 Å². The lowest BCUT2D eigenvalue weighted by Crippen LogP contribution is -2.47. The number of carbonyl (C=O) groups is 4. The number of hydrogen-bond donors (Lipinski definition) is 5. The Morgan fingerprint density at radius 3 is 2.41 bits per heavy atom. The number of likely N-dealkylation sites (tertiary alicyclic amines) is 1. The predicted molar refractivity (Wildman–Crippen MR) is 216 cm³/mol. The van der Waals surface area contributed by atoms with E-state index in [1.165, 1.54) is 10.5 Å². The Morgan fingerprint density at radius 1 is 0.857 bits per heavy atom. The molecule has 13 heteroatoms. The molecule has 1 saturated heterocycles. The van der Waals surface area contributed by atoms with E-state index in [9.17, 15) is 19.2 Å². The van der Waals surface area contributed by atoms with E-state index in [4.69, 9.17) is 14.8 Å². The molecule has 0 bridgehead atoms. The summed E-state index contributed by atoms with van der Waals surface area (Å²) < 4.78 is 5.84. The second-order valence-corrected chi connectivity index (χ2v) is 14.0. The summed E-state index contributed by atoms with van der Waals surface area (Å²) in [6.45, 7) is 3.69. The van der Waals surface area contributed by atoms with E-state index in [-0.39, 0.29) is 18.2 Å². The van der Waals surface area contributed by atoms with E-state index in [1.807, 2.05) is 78.9 Å². The van der Waals surface area contributed by atoms with Crippen molar-refractivity contribution in [1.29, 1.82) is 0 Å². The number of amides is 5. The Labute approximate surface area is 327 Å². The van der Waals surface area contributed by atoms with Gasteiger partial charge >= 0.3 is 6.03 Å². The molecule has 5 N–H and O–H groups in total. The van der Waals surface area contributed by atoms with Crippen LogP contribution in [0, 0.1) is 5.92 Å². The van der Waals surface area contributed by atoms with Crippen LogP contribution in [0.4, 0.5) is 16.2 Å². The molecule has 1 fully saturated rings. The van der Waals surface area contributed by atoms with Gasteiger partial charge in [0.05, 0.1) is 24.4 Å². The summed E-state index contributed by atoms with van der Waals surface area (Å²) in [6.07, 6.45) is 1.61. The summed E-state index contributed by atoms with van der Waals surface area (Å²) in [4.78, 5) is 59.5. The maximum atomic E-state index is 13.5. The number of likely N-dealkylation sites (N-methyl/N-ethyl adjacent to an activating group) is 1. The molecular weight excluding hydrogens is 711 g/mol. The number of rotatable bonds is 15. The third-order valence-electron chi connectivity index (χ3n) is 9.86. The van der Waals surface area contributed by atoms with Gasteiger partial charge in [-0.2, -0.15) is 0 Å². The smallest absolute Gasteiger partial charge is 0.321 e. The van der Waals surface area contributed by atoms with Gasteiger partial charge in [0.2, 0.25) is 18.0 Å². The van der Waals surface area contributed by atoms with Crippen molar-refractivity contribution in [3.05, 3.63) is 125 Å². The highest BCUT2D eigenvalue weighted by atomic mass is 16.5. The fourth-order valence-electron chi connectivity index (χ4n) is 6.89. The number of aliphatic imine (C=N–C) groups is 1. The first kappa shape index (κ1) is 39.6. The molecule has 6 rings (SSSR count). The molecule has 1 atom stereocenters. The number of benzodiazepines with no additional fused rings is 1. The molecule has 2 aliphatic heterocycles. The number of ether oxygens (including phenoxy) is 1. The van der Waals surface area contributed by atoms with Crippen LogP contribution in [0.5, 0.6) is 5.75 Å². The molecule has 2 heterocycles. The predicted octanol–water partition coefficient (Wildman–Crippen LogP) is 4.10. The van der Waals surface area contributed by atoms with Crippen molar-refractivity contribution in [3.63, 3.8) is 0 Å². The van der Waals surface area contributed by atoms with E-state index in [2.05, 4.69) is 32.2 Å². The highest BCUT2D eigenvalue weighted by Crippen LogP contribution is 2.27. The second-order valence-electron chi connectivity index (χ2n) is 14.0. The fraction of sp³-hybridized carbons (Fsp3) is 0.326. The van der Waals surface area contributed by atoms with Gasteiger partial charge < -0.3 is 36.0 Å². The average Bonchev–Trinajstić information content (AvgIpc) is 3.31. The Hall–Kier alpha value is -6.05. The quantitative estimate of drug-likeness (QED) is 0.114. The molecule has 4 aromatic carbocycles. The minimum absolute atomic E-state index is 0.0870. The van der Waals surface area contributed by atoms with Gasteiger partial charge in [0.15, 0.2) is 0 Å². The molecule has 0 saturated carbocycles. The Balaban J connectivity index is 0.942. The van der Waals surface area contributed by atoms with E-state index < -0.39 is 24.7 Å². The second kappa shape index (κ2) is 19.5. The number of fused-ring (bicyclic) bond motifs is 1. The summed E-state index contributed by atoms with van der Waals surface area (Å²) in [5.41, 5.74) is 5.33. The number of aliphatic hydroxyl groups is 1. The zero-order valence-electron chi connectivity index (χ0n) is 31.6. The third-order valence-corrected chi connectivity index (χ3v) is 9.86. The zero-order valence-corrected chi connectivity index (χ0v) is 31.6. The lowest BCUT2D eigenvalue weighted by Gasteiger charge is -2.32. The van der Waals surface area contributed by atoms with Crippen molar-refractivity contribution in [2.24, 2.45) is 10.9 Å². The number of benzene rings is 4. The summed E-state index contributed by atoms with van der Waals surface area (Å²) in [7, 11) is 1.67. The summed E-state index contributed by atoms with van der Waals surface area (Å²) in [5, 5.41) is 20.0. The van der Waals surface area contributed by atoms with Crippen LogP contribution >= 0.6 is 0 Å². The van der Waals surface area contributed by atoms with E-state index >= 15 is 0 Å². The minimum atomic E-state index is -1.16. The summed E-state index contributed by atoms with van der Waals surface area (Å²) in [6, 6.07) is 31.6. The molecule has 292 valence electrons. The number of nitrogens with zero attached hydrogens (tertiary/aromatic N) is 3. The van der Waals surface area contributed by atoms with Crippen LogP contribution in [0.3, 0.4) is 0 Å².